The van der Waals surface area contributed by atoms with Gasteiger partial charge in [0.1, 0.15) is 5.69 Å². The summed E-state index contributed by atoms with van der Waals surface area (Å²) in [6.07, 6.45) is 2.38. The number of aromatic amines is 1. The minimum absolute atomic E-state index is 0.133. The van der Waals surface area contributed by atoms with Gasteiger partial charge in [-0.15, -0.1) is 0 Å². The van der Waals surface area contributed by atoms with Gasteiger partial charge in [-0.25, -0.2) is 5.43 Å². The van der Waals surface area contributed by atoms with E-state index in [0.29, 0.717) is 11.4 Å². The van der Waals surface area contributed by atoms with Gasteiger partial charge >= 0.3 is 0 Å². The molecular formula is C14H16N4O2. The van der Waals surface area contributed by atoms with E-state index in [1.807, 2.05) is 13.0 Å². The number of hydrazone groups is 1. The lowest BCUT2D eigenvalue weighted by atomic mass is 10.2. The second-order valence-electron chi connectivity index (χ2n) is 4.33. The van der Waals surface area contributed by atoms with Crippen LogP contribution in [0.2, 0.25) is 0 Å². The summed E-state index contributed by atoms with van der Waals surface area (Å²) in [4.78, 5) is 25.8. The van der Waals surface area contributed by atoms with Gasteiger partial charge in [0.25, 0.3) is 5.91 Å². The number of benzene rings is 1. The molecule has 0 fully saturated rings. The second kappa shape index (κ2) is 6.01. The summed E-state index contributed by atoms with van der Waals surface area (Å²) in [7, 11) is 0. The second-order valence-corrected chi connectivity index (χ2v) is 4.33. The van der Waals surface area contributed by atoms with Gasteiger partial charge in [-0.3, -0.25) is 9.59 Å². The summed E-state index contributed by atoms with van der Waals surface area (Å²) in [6, 6.07) is 7.11. The predicted molar refractivity (Wildman–Crippen MR) is 78.9 cm³/mol. The van der Waals surface area contributed by atoms with Crippen molar-refractivity contribution in [2.45, 2.75) is 20.3 Å². The molecule has 20 heavy (non-hydrogen) atoms. The van der Waals surface area contributed by atoms with Crippen LogP contribution in [0.3, 0.4) is 0 Å². The third-order valence-corrected chi connectivity index (χ3v) is 2.63. The summed E-state index contributed by atoms with van der Waals surface area (Å²) >= 11 is 0. The molecule has 0 spiro atoms. The van der Waals surface area contributed by atoms with Gasteiger partial charge in [-0.1, -0.05) is 6.92 Å². The summed E-state index contributed by atoms with van der Waals surface area (Å²) in [6.45, 7) is 3.38. The number of hydrogen-bond acceptors (Lipinski definition) is 3. The molecule has 1 aromatic heterocycles. The highest BCUT2D eigenvalue weighted by molar-refractivity contribution is 5.99. The average Bonchev–Trinajstić information content (AvgIpc) is 2.81. The number of carbonyl (C=O) groups is 2. The number of nitrogens with zero attached hydrogens (tertiary/aromatic N) is 1. The van der Waals surface area contributed by atoms with Gasteiger partial charge < -0.3 is 10.3 Å². The molecule has 104 valence electrons. The summed E-state index contributed by atoms with van der Waals surface area (Å²) in [5.74, 6) is -0.432. The molecule has 0 saturated heterocycles. The van der Waals surface area contributed by atoms with Crippen molar-refractivity contribution in [1.82, 2.24) is 10.4 Å². The fourth-order valence-corrected chi connectivity index (χ4v) is 1.79. The smallest absolute Gasteiger partial charge is 0.287 e. The molecule has 3 N–H and O–H groups in total. The largest absolute Gasteiger partial charge is 0.350 e. The van der Waals surface area contributed by atoms with E-state index in [0.717, 1.165) is 17.3 Å². The zero-order valence-corrected chi connectivity index (χ0v) is 11.4. The molecule has 0 aliphatic heterocycles. The number of hydrogen-bond donors (Lipinski definition) is 3. The van der Waals surface area contributed by atoms with Crippen LogP contribution in [0, 0.1) is 0 Å². The highest BCUT2D eigenvalue weighted by Gasteiger charge is 2.09. The van der Waals surface area contributed by atoms with Crippen molar-refractivity contribution >= 4 is 34.6 Å². The number of aromatic nitrogens is 1. The monoisotopic (exact) mass is 272 g/mol. The SMILES string of the molecule is CC/C=N/NC(=O)c1cc2cc(NC(C)=O)ccc2[nH]1. The Kier molecular flexibility index (Phi) is 4.14. The van der Waals surface area contributed by atoms with Crippen LogP contribution in [0.25, 0.3) is 10.9 Å². The first-order chi connectivity index (χ1) is 9.60. The maximum atomic E-state index is 11.8. The first-order valence-corrected chi connectivity index (χ1v) is 6.32. The first kappa shape index (κ1) is 13.8. The van der Waals surface area contributed by atoms with Crippen molar-refractivity contribution in [3.8, 4) is 0 Å². The Balaban J connectivity index is 2.22. The molecule has 6 heteroatoms. The lowest BCUT2D eigenvalue weighted by Gasteiger charge is -2.00. The topological polar surface area (TPSA) is 86.3 Å². The molecule has 2 aromatic rings. The van der Waals surface area contributed by atoms with Crippen molar-refractivity contribution in [3.05, 3.63) is 30.0 Å². The van der Waals surface area contributed by atoms with E-state index in [4.69, 9.17) is 0 Å². The zero-order valence-electron chi connectivity index (χ0n) is 11.4. The molecule has 6 nitrogen and oxygen atoms in total. The first-order valence-electron chi connectivity index (χ1n) is 6.32. The minimum Gasteiger partial charge on any atom is -0.350 e. The fourth-order valence-electron chi connectivity index (χ4n) is 1.79. The number of H-pyrrole nitrogens is 1. The Labute approximate surface area is 116 Å². The van der Waals surface area contributed by atoms with Crippen LogP contribution in [0.5, 0.6) is 0 Å². The normalized spacial score (nSPS) is 10.9. The highest BCUT2D eigenvalue weighted by Crippen LogP contribution is 2.20. The van der Waals surface area contributed by atoms with Crippen LogP contribution in [0.4, 0.5) is 5.69 Å². The van der Waals surface area contributed by atoms with Gasteiger partial charge in [0, 0.05) is 29.7 Å². The van der Waals surface area contributed by atoms with Gasteiger partial charge in [0.15, 0.2) is 0 Å². The Bertz CT molecular complexity index is 673. The molecule has 0 saturated carbocycles. The van der Waals surface area contributed by atoms with Crippen molar-refractivity contribution in [2.24, 2.45) is 5.10 Å². The van der Waals surface area contributed by atoms with Crippen LogP contribution < -0.4 is 10.7 Å². The van der Waals surface area contributed by atoms with Gasteiger partial charge in [0.05, 0.1) is 0 Å². The van der Waals surface area contributed by atoms with Gasteiger partial charge in [-0.05, 0) is 30.7 Å². The van der Waals surface area contributed by atoms with E-state index in [2.05, 4.69) is 20.8 Å². The van der Waals surface area contributed by atoms with E-state index in [9.17, 15) is 9.59 Å². The van der Waals surface area contributed by atoms with Crippen molar-refractivity contribution in [1.29, 1.82) is 0 Å². The number of anilines is 1. The zero-order chi connectivity index (χ0) is 14.5. The molecule has 0 radical (unpaired) electrons. The standard InChI is InChI=1S/C14H16N4O2/c1-3-6-15-18-14(20)13-8-10-7-11(16-9(2)19)4-5-12(10)17-13/h4-8,17H,3H2,1-2H3,(H,16,19)(H,18,20)/b15-6+. The maximum Gasteiger partial charge on any atom is 0.287 e. The van der Waals surface area contributed by atoms with Crippen LogP contribution in [0.15, 0.2) is 29.4 Å². The minimum atomic E-state index is -0.299. The Morgan fingerprint density at radius 2 is 2.15 bits per heavy atom. The van der Waals surface area contributed by atoms with Crippen molar-refractivity contribution in [3.63, 3.8) is 0 Å². The molecule has 2 rings (SSSR count). The van der Waals surface area contributed by atoms with Crippen LogP contribution in [0.1, 0.15) is 30.8 Å². The lowest BCUT2D eigenvalue weighted by molar-refractivity contribution is -0.114. The van der Waals surface area contributed by atoms with Crippen molar-refractivity contribution in [2.75, 3.05) is 5.32 Å². The number of carbonyl (C=O) groups excluding carboxylic acids is 2. The van der Waals surface area contributed by atoms with E-state index in [1.54, 1.807) is 24.4 Å². The van der Waals surface area contributed by atoms with Crippen LogP contribution >= 0.6 is 0 Å². The fraction of sp³-hybridized carbons (Fsp3) is 0.214. The summed E-state index contributed by atoms with van der Waals surface area (Å²) in [5, 5.41) is 7.34. The Hall–Kier alpha value is -2.63. The van der Waals surface area contributed by atoms with E-state index in [1.165, 1.54) is 6.92 Å². The van der Waals surface area contributed by atoms with Gasteiger partial charge in [-0.2, -0.15) is 5.10 Å². The van der Waals surface area contributed by atoms with Crippen LogP contribution in [-0.4, -0.2) is 23.0 Å². The molecule has 0 atom stereocenters. The Morgan fingerprint density at radius 1 is 1.35 bits per heavy atom. The molecule has 0 aliphatic carbocycles. The Morgan fingerprint density at radius 3 is 2.85 bits per heavy atom. The maximum absolute atomic E-state index is 11.8. The summed E-state index contributed by atoms with van der Waals surface area (Å²) < 4.78 is 0. The molecule has 0 aliphatic rings. The number of fused-ring (bicyclic) bond motifs is 1. The predicted octanol–water partition coefficient (Wildman–Crippen LogP) is 2.25. The summed E-state index contributed by atoms with van der Waals surface area (Å²) in [5.41, 5.74) is 4.38. The van der Waals surface area contributed by atoms with E-state index in [-0.39, 0.29) is 11.8 Å². The van der Waals surface area contributed by atoms with Gasteiger partial charge in [0.2, 0.25) is 5.91 Å². The number of nitrogens with one attached hydrogen (secondary N) is 3. The number of rotatable bonds is 4. The molecule has 0 unspecified atom stereocenters. The molecule has 1 heterocycles. The van der Waals surface area contributed by atoms with E-state index >= 15 is 0 Å². The molecule has 0 bridgehead atoms. The van der Waals surface area contributed by atoms with E-state index < -0.39 is 0 Å². The van der Waals surface area contributed by atoms with Crippen molar-refractivity contribution < 1.29 is 9.59 Å². The third-order valence-electron chi connectivity index (χ3n) is 2.63. The quantitative estimate of drug-likeness (QED) is 0.589. The molecular weight excluding hydrogens is 256 g/mol. The highest BCUT2D eigenvalue weighted by atomic mass is 16.2. The number of amides is 2. The van der Waals surface area contributed by atoms with Crippen LogP contribution in [-0.2, 0) is 4.79 Å². The molecule has 2 amide bonds. The lowest BCUT2D eigenvalue weighted by Crippen LogP contribution is -2.17. The molecule has 1 aromatic carbocycles. The average molecular weight is 272 g/mol. The third kappa shape index (κ3) is 3.23.